The Morgan fingerprint density at radius 3 is 2.60 bits per heavy atom. The van der Waals surface area contributed by atoms with Crippen LogP contribution in [0.2, 0.25) is 0 Å². The van der Waals surface area contributed by atoms with Crippen molar-refractivity contribution < 1.29 is 4.79 Å². The number of carbonyl (C=O) groups is 1. The predicted octanol–water partition coefficient (Wildman–Crippen LogP) is 1.64. The summed E-state index contributed by atoms with van der Waals surface area (Å²) >= 11 is 0. The molecule has 2 heterocycles. The zero-order valence-corrected chi connectivity index (χ0v) is 12.6. The van der Waals surface area contributed by atoms with E-state index >= 15 is 0 Å². The van der Waals surface area contributed by atoms with Gasteiger partial charge in [0, 0.05) is 25.1 Å². The molecule has 1 amide bonds. The van der Waals surface area contributed by atoms with Crippen molar-refractivity contribution >= 4 is 17.5 Å². The van der Waals surface area contributed by atoms with E-state index in [4.69, 9.17) is 0 Å². The highest BCUT2D eigenvalue weighted by Gasteiger charge is 2.23. The van der Waals surface area contributed by atoms with E-state index in [1.807, 2.05) is 14.0 Å². The van der Waals surface area contributed by atoms with Gasteiger partial charge >= 0.3 is 0 Å². The number of piperidine rings is 1. The molecule has 6 heteroatoms. The molecule has 2 rings (SSSR count). The van der Waals surface area contributed by atoms with Crippen molar-refractivity contribution in [3.63, 3.8) is 0 Å². The van der Waals surface area contributed by atoms with Crippen molar-refractivity contribution in [3.05, 3.63) is 11.4 Å². The van der Waals surface area contributed by atoms with Crippen molar-refractivity contribution in [1.82, 2.24) is 15.3 Å². The van der Waals surface area contributed by atoms with E-state index in [-0.39, 0.29) is 17.9 Å². The van der Waals surface area contributed by atoms with E-state index in [0.29, 0.717) is 0 Å². The van der Waals surface area contributed by atoms with Crippen LogP contribution in [0.5, 0.6) is 0 Å². The molecule has 0 aliphatic carbocycles. The Bertz CT molecular complexity index is 501. The summed E-state index contributed by atoms with van der Waals surface area (Å²) < 4.78 is 0. The number of amides is 1. The second kappa shape index (κ2) is 6.07. The van der Waals surface area contributed by atoms with Crippen LogP contribution in [0.15, 0.2) is 0 Å². The minimum atomic E-state index is -0.206. The van der Waals surface area contributed by atoms with Gasteiger partial charge in [-0.1, -0.05) is 13.8 Å². The van der Waals surface area contributed by atoms with Crippen LogP contribution in [-0.4, -0.2) is 35.5 Å². The summed E-state index contributed by atoms with van der Waals surface area (Å²) in [6.45, 7) is 6.83. The van der Waals surface area contributed by atoms with Crippen molar-refractivity contribution in [3.8, 4) is 0 Å². The molecule has 1 aliphatic heterocycles. The molecule has 1 atom stereocenters. The number of hydrogen-bond acceptors (Lipinski definition) is 5. The first-order valence-corrected chi connectivity index (χ1v) is 7.13. The Kier molecular flexibility index (Phi) is 4.42. The fourth-order valence-electron chi connectivity index (χ4n) is 2.25. The third-order valence-corrected chi connectivity index (χ3v) is 3.51. The Morgan fingerprint density at radius 2 is 2.00 bits per heavy atom. The van der Waals surface area contributed by atoms with Gasteiger partial charge in [0.05, 0.1) is 0 Å². The smallest absolute Gasteiger partial charge is 0.242 e. The third-order valence-electron chi connectivity index (χ3n) is 3.51. The Morgan fingerprint density at radius 1 is 1.30 bits per heavy atom. The number of hydrogen-bond donors (Lipinski definition) is 3. The molecule has 20 heavy (non-hydrogen) atoms. The van der Waals surface area contributed by atoms with Gasteiger partial charge in [0.2, 0.25) is 5.91 Å². The molecule has 110 valence electrons. The number of carbonyl (C=O) groups excluding carboxylic acids is 1. The molecule has 1 fully saturated rings. The molecule has 0 aromatic carbocycles. The fourth-order valence-corrected chi connectivity index (χ4v) is 2.25. The van der Waals surface area contributed by atoms with Gasteiger partial charge in [-0.05, 0) is 19.8 Å². The zero-order valence-electron chi connectivity index (χ0n) is 12.6. The Labute approximate surface area is 119 Å². The van der Waals surface area contributed by atoms with Crippen molar-refractivity contribution in [2.75, 3.05) is 24.2 Å². The quantitative estimate of drug-likeness (QED) is 0.779. The van der Waals surface area contributed by atoms with Crippen molar-refractivity contribution in [2.24, 2.45) is 0 Å². The molecule has 1 unspecified atom stereocenters. The van der Waals surface area contributed by atoms with E-state index < -0.39 is 0 Å². The van der Waals surface area contributed by atoms with Crippen LogP contribution in [0.1, 0.15) is 44.0 Å². The zero-order chi connectivity index (χ0) is 14.7. The monoisotopic (exact) mass is 277 g/mol. The molecule has 1 aromatic heterocycles. The molecule has 1 aromatic rings. The topological polar surface area (TPSA) is 78.9 Å². The molecule has 3 N–H and O–H groups in total. The van der Waals surface area contributed by atoms with Crippen LogP contribution in [0.25, 0.3) is 0 Å². The number of aromatic nitrogens is 2. The summed E-state index contributed by atoms with van der Waals surface area (Å²) in [7, 11) is 1.84. The average Bonchev–Trinajstić information content (AvgIpc) is 2.43. The fraction of sp³-hybridized carbons (Fsp3) is 0.643. The molecule has 0 saturated carbocycles. The Balaban J connectivity index is 2.29. The van der Waals surface area contributed by atoms with Gasteiger partial charge in [-0.2, -0.15) is 0 Å². The summed E-state index contributed by atoms with van der Waals surface area (Å²) in [5, 5.41) is 9.23. The van der Waals surface area contributed by atoms with Gasteiger partial charge in [-0.25, -0.2) is 9.97 Å². The predicted molar refractivity (Wildman–Crippen MR) is 80.1 cm³/mol. The van der Waals surface area contributed by atoms with Crippen LogP contribution in [-0.2, 0) is 4.79 Å². The van der Waals surface area contributed by atoms with E-state index in [2.05, 4.69) is 39.8 Å². The SMILES string of the molecule is CNc1nc(C(C)C)nc(NC2CCCNC2=O)c1C. The van der Waals surface area contributed by atoms with Crippen LogP contribution in [0.4, 0.5) is 11.6 Å². The Hall–Kier alpha value is -1.85. The molecule has 0 spiro atoms. The van der Waals surface area contributed by atoms with Gasteiger partial charge in [-0.3, -0.25) is 4.79 Å². The third kappa shape index (κ3) is 3.00. The van der Waals surface area contributed by atoms with Gasteiger partial charge in [-0.15, -0.1) is 0 Å². The molecule has 1 saturated heterocycles. The van der Waals surface area contributed by atoms with Crippen LogP contribution >= 0.6 is 0 Å². The first-order chi connectivity index (χ1) is 9.52. The molecular formula is C14H23N5O. The highest BCUT2D eigenvalue weighted by atomic mass is 16.2. The van der Waals surface area contributed by atoms with Crippen LogP contribution in [0.3, 0.4) is 0 Å². The first-order valence-electron chi connectivity index (χ1n) is 7.13. The lowest BCUT2D eigenvalue weighted by atomic mass is 10.1. The maximum absolute atomic E-state index is 11.9. The minimum Gasteiger partial charge on any atom is -0.373 e. The van der Waals surface area contributed by atoms with Crippen LogP contribution < -0.4 is 16.0 Å². The van der Waals surface area contributed by atoms with Crippen LogP contribution in [0, 0.1) is 6.92 Å². The van der Waals surface area contributed by atoms with E-state index in [9.17, 15) is 4.79 Å². The van der Waals surface area contributed by atoms with Gasteiger partial charge in [0.1, 0.15) is 23.5 Å². The maximum atomic E-state index is 11.9. The average molecular weight is 277 g/mol. The van der Waals surface area contributed by atoms with Crippen molar-refractivity contribution in [1.29, 1.82) is 0 Å². The molecule has 6 nitrogen and oxygen atoms in total. The minimum absolute atomic E-state index is 0.0476. The number of rotatable bonds is 4. The molecule has 0 radical (unpaired) electrons. The summed E-state index contributed by atoms with van der Waals surface area (Å²) in [6.07, 6.45) is 1.82. The largest absolute Gasteiger partial charge is 0.373 e. The van der Waals surface area contributed by atoms with E-state index in [0.717, 1.165) is 42.4 Å². The standard InChI is InChI=1S/C14H23N5O/c1-8(2)11-18-12(15-4)9(3)13(19-11)17-10-6-5-7-16-14(10)20/h8,10H,5-7H2,1-4H3,(H,16,20)(H2,15,17,18,19). The first kappa shape index (κ1) is 14.6. The second-order valence-corrected chi connectivity index (χ2v) is 5.44. The second-order valence-electron chi connectivity index (χ2n) is 5.44. The summed E-state index contributed by atoms with van der Waals surface area (Å²) in [5.41, 5.74) is 0.940. The lowest BCUT2D eigenvalue weighted by Gasteiger charge is -2.24. The number of anilines is 2. The number of nitrogens with zero attached hydrogens (tertiary/aromatic N) is 2. The van der Waals surface area contributed by atoms with E-state index in [1.165, 1.54) is 0 Å². The summed E-state index contributed by atoms with van der Waals surface area (Å²) in [6, 6.07) is -0.206. The summed E-state index contributed by atoms with van der Waals surface area (Å²) in [4.78, 5) is 20.9. The van der Waals surface area contributed by atoms with Gasteiger partial charge in [0.15, 0.2) is 0 Å². The van der Waals surface area contributed by atoms with E-state index in [1.54, 1.807) is 0 Å². The summed E-state index contributed by atoms with van der Waals surface area (Å²) in [5.74, 6) is 2.62. The highest BCUT2D eigenvalue weighted by molar-refractivity contribution is 5.85. The molecular weight excluding hydrogens is 254 g/mol. The van der Waals surface area contributed by atoms with Crippen molar-refractivity contribution in [2.45, 2.75) is 45.6 Å². The molecule has 1 aliphatic rings. The highest BCUT2D eigenvalue weighted by Crippen LogP contribution is 2.24. The number of nitrogens with one attached hydrogen (secondary N) is 3. The lowest BCUT2D eigenvalue weighted by molar-refractivity contribution is -0.123. The van der Waals surface area contributed by atoms with Gasteiger partial charge in [0.25, 0.3) is 0 Å². The molecule has 0 bridgehead atoms. The normalized spacial score (nSPS) is 18.9. The van der Waals surface area contributed by atoms with Gasteiger partial charge < -0.3 is 16.0 Å². The maximum Gasteiger partial charge on any atom is 0.242 e. The lowest BCUT2D eigenvalue weighted by Crippen LogP contribution is -2.44.